The molecule has 0 aromatic heterocycles. The maximum Gasteiger partial charge on any atom is 0.305 e. The second-order valence-electron chi connectivity index (χ2n) is 5.91. The fraction of sp³-hybridized carbons (Fsp3) is 0.688. The van der Waals surface area contributed by atoms with E-state index in [0.717, 1.165) is 20.8 Å². The van der Waals surface area contributed by atoms with Crippen LogP contribution in [0.3, 0.4) is 0 Å². The van der Waals surface area contributed by atoms with E-state index in [1.165, 1.54) is 14.0 Å². The Morgan fingerprint density at radius 1 is 0.897 bits per heavy atom. The molecule has 1 fully saturated rings. The third kappa shape index (κ3) is 8.17. The van der Waals surface area contributed by atoms with Crippen molar-refractivity contribution >= 4 is 41.2 Å². The first-order valence-corrected chi connectivity index (χ1v) is 8.86. The molecule has 1 heterocycles. The third-order valence-corrected chi connectivity index (χ3v) is 3.68. The van der Waals surface area contributed by atoms with Crippen molar-refractivity contribution in [2.45, 2.75) is 58.3 Å². The molecule has 0 spiro atoms. The van der Waals surface area contributed by atoms with Crippen LogP contribution in [0.25, 0.3) is 0 Å². The van der Waals surface area contributed by atoms with E-state index in [9.17, 15) is 19.2 Å². The topological polar surface area (TPSA) is 148 Å². The summed E-state index contributed by atoms with van der Waals surface area (Å²) in [6.45, 7) is 4.26. The molecule has 0 unspecified atom stereocenters. The van der Waals surface area contributed by atoms with Crippen LogP contribution < -0.4 is 10.8 Å². The van der Waals surface area contributed by atoms with Gasteiger partial charge in [-0.3, -0.25) is 24.0 Å². The minimum atomic E-state index is -1.33. The van der Waals surface area contributed by atoms with Gasteiger partial charge in [-0.2, -0.15) is 0 Å². The van der Waals surface area contributed by atoms with Gasteiger partial charge in [0, 0.05) is 27.7 Å². The zero-order valence-electron chi connectivity index (χ0n) is 16.6. The first kappa shape index (κ1) is 24.5. The number of thiocarbonyl (C=S) groups is 1. The number of hydroxylamine groups is 1. The largest absolute Gasteiger partial charge is 0.463 e. The normalized spacial score (nSPS) is 25.9. The lowest BCUT2D eigenvalue weighted by Crippen LogP contribution is -2.67. The summed E-state index contributed by atoms with van der Waals surface area (Å²) in [5.41, 5.74) is 2.35. The molecule has 0 saturated carbocycles. The SMILES string of the molecule is CONC(=S)N[C@H]1[C@H](OC(C)=O)O[C@H](COC(C)=O)[C@@H](OC(C)=O)[C@@H]1OC(C)=O. The third-order valence-electron chi connectivity index (χ3n) is 3.48. The summed E-state index contributed by atoms with van der Waals surface area (Å²) in [4.78, 5) is 50.8. The van der Waals surface area contributed by atoms with Crippen molar-refractivity contribution < 1.29 is 47.7 Å². The van der Waals surface area contributed by atoms with Gasteiger partial charge in [0.05, 0.1) is 7.11 Å². The molecule has 0 aromatic rings. The Morgan fingerprint density at radius 3 is 1.93 bits per heavy atom. The van der Waals surface area contributed by atoms with E-state index >= 15 is 0 Å². The maximum atomic E-state index is 11.7. The summed E-state index contributed by atoms with van der Waals surface area (Å²) < 4.78 is 26.4. The number of rotatable bonds is 7. The molecule has 1 aliphatic heterocycles. The minimum Gasteiger partial charge on any atom is -0.463 e. The second kappa shape index (κ2) is 11.5. The van der Waals surface area contributed by atoms with Crippen LogP contribution >= 0.6 is 12.2 Å². The molecular weight excluding hydrogens is 412 g/mol. The van der Waals surface area contributed by atoms with Crippen LogP contribution in [-0.2, 0) is 47.7 Å². The Bertz CT molecular complexity index is 643. The number of hydrogen-bond donors (Lipinski definition) is 2. The van der Waals surface area contributed by atoms with Gasteiger partial charge < -0.3 is 29.0 Å². The molecule has 164 valence electrons. The van der Waals surface area contributed by atoms with Crippen molar-refractivity contribution in [2.24, 2.45) is 0 Å². The van der Waals surface area contributed by atoms with Gasteiger partial charge in [0.25, 0.3) is 0 Å². The second-order valence-corrected chi connectivity index (χ2v) is 6.32. The average Bonchev–Trinajstić information content (AvgIpc) is 2.57. The maximum absolute atomic E-state index is 11.7. The van der Waals surface area contributed by atoms with Gasteiger partial charge in [-0.1, -0.05) is 0 Å². The summed E-state index contributed by atoms with van der Waals surface area (Å²) in [5, 5.41) is 2.69. The van der Waals surface area contributed by atoms with Crippen molar-refractivity contribution in [1.29, 1.82) is 0 Å². The van der Waals surface area contributed by atoms with Crippen LogP contribution in [0.1, 0.15) is 27.7 Å². The quantitative estimate of drug-likeness (QED) is 0.220. The van der Waals surface area contributed by atoms with E-state index in [2.05, 4.69) is 10.8 Å². The lowest BCUT2D eigenvalue weighted by Gasteiger charge is -2.44. The lowest BCUT2D eigenvalue weighted by atomic mass is 9.96. The minimum absolute atomic E-state index is 0.0459. The predicted octanol–water partition coefficient (Wildman–Crippen LogP) is -0.905. The van der Waals surface area contributed by atoms with Gasteiger partial charge in [0.15, 0.2) is 17.3 Å². The van der Waals surface area contributed by atoms with Gasteiger partial charge in [-0.05, 0) is 12.2 Å². The van der Waals surface area contributed by atoms with Crippen LogP contribution in [0.5, 0.6) is 0 Å². The highest BCUT2D eigenvalue weighted by molar-refractivity contribution is 7.80. The summed E-state index contributed by atoms with van der Waals surface area (Å²) in [6.07, 6.45) is -4.85. The number of ether oxygens (including phenoxy) is 5. The summed E-state index contributed by atoms with van der Waals surface area (Å²) in [7, 11) is 1.31. The number of carbonyl (C=O) groups excluding carboxylic acids is 4. The van der Waals surface area contributed by atoms with Gasteiger partial charge in [-0.25, -0.2) is 5.48 Å². The number of hydrogen-bond acceptors (Lipinski definition) is 11. The smallest absolute Gasteiger partial charge is 0.305 e. The van der Waals surface area contributed by atoms with E-state index in [-0.39, 0.29) is 11.7 Å². The molecule has 0 radical (unpaired) electrons. The Morgan fingerprint density at radius 2 is 1.45 bits per heavy atom. The molecule has 1 rings (SSSR count). The van der Waals surface area contributed by atoms with Crippen molar-refractivity contribution in [2.75, 3.05) is 13.7 Å². The van der Waals surface area contributed by atoms with E-state index in [1.54, 1.807) is 0 Å². The highest BCUT2D eigenvalue weighted by atomic mass is 32.1. The number of esters is 4. The number of carbonyl (C=O) groups is 4. The Kier molecular flexibility index (Phi) is 9.71. The van der Waals surface area contributed by atoms with Crippen molar-refractivity contribution in [3.8, 4) is 0 Å². The van der Waals surface area contributed by atoms with Crippen molar-refractivity contribution in [3.05, 3.63) is 0 Å². The van der Waals surface area contributed by atoms with Gasteiger partial charge in [-0.15, -0.1) is 0 Å². The molecule has 0 bridgehead atoms. The fourth-order valence-electron chi connectivity index (χ4n) is 2.59. The first-order chi connectivity index (χ1) is 13.5. The summed E-state index contributed by atoms with van der Waals surface area (Å²) in [6, 6.07) is -1.09. The van der Waals surface area contributed by atoms with E-state index < -0.39 is 54.5 Å². The lowest BCUT2D eigenvalue weighted by molar-refractivity contribution is -0.269. The monoisotopic (exact) mass is 436 g/mol. The molecular formula is C16H24N2O10S. The molecule has 1 saturated heterocycles. The highest BCUT2D eigenvalue weighted by Gasteiger charge is 2.52. The molecule has 1 aliphatic rings. The van der Waals surface area contributed by atoms with Crippen LogP contribution in [0.2, 0.25) is 0 Å². The van der Waals surface area contributed by atoms with Crippen LogP contribution in [-0.4, -0.2) is 73.4 Å². The zero-order chi connectivity index (χ0) is 22.1. The van der Waals surface area contributed by atoms with E-state index in [1.807, 2.05) is 0 Å². The van der Waals surface area contributed by atoms with E-state index in [0.29, 0.717) is 0 Å². The average molecular weight is 436 g/mol. The predicted molar refractivity (Wildman–Crippen MR) is 97.8 cm³/mol. The van der Waals surface area contributed by atoms with E-state index in [4.69, 9.17) is 40.7 Å². The zero-order valence-corrected chi connectivity index (χ0v) is 17.4. The van der Waals surface area contributed by atoms with Crippen LogP contribution in [0.4, 0.5) is 0 Å². The molecule has 12 nitrogen and oxygen atoms in total. The van der Waals surface area contributed by atoms with Crippen molar-refractivity contribution in [3.63, 3.8) is 0 Å². The highest BCUT2D eigenvalue weighted by Crippen LogP contribution is 2.28. The Balaban J connectivity index is 3.31. The first-order valence-electron chi connectivity index (χ1n) is 8.45. The fourth-order valence-corrected chi connectivity index (χ4v) is 2.81. The molecule has 13 heteroatoms. The molecule has 5 atom stereocenters. The van der Waals surface area contributed by atoms with Crippen molar-refractivity contribution in [1.82, 2.24) is 10.8 Å². The summed E-state index contributed by atoms with van der Waals surface area (Å²) in [5.74, 6) is -2.73. The standard InChI is InChI=1S/C16H24N2O10S/c1-7(19)24-6-11-13(25-8(2)20)14(26-9(3)21)12(17-16(29)18-23-5)15(28-11)27-10(4)22/h11-15H,6H2,1-5H3,(H2,17,18,29)/t11-,12-,13-,14-,15-/m1/s1. The molecule has 0 aromatic carbocycles. The number of nitrogens with one attached hydrogen (secondary N) is 2. The Hall–Kier alpha value is -2.51. The molecule has 2 N–H and O–H groups in total. The van der Waals surface area contributed by atoms with Crippen LogP contribution in [0, 0.1) is 0 Å². The van der Waals surface area contributed by atoms with Gasteiger partial charge in [0.2, 0.25) is 6.29 Å². The summed E-state index contributed by atoms with van der Waals surface area (Å²) >= 11 is 5.05. The van der Waals surface area contributed by atoms with Gasteiger partial charge >= 0.3 is 23.9 Å². The van der Waals surface area contributed by atoms with Crippen LogP contribution in [0.15, 0.2) is 0 Å². The molecule has 29 heavy (non-hydrogen) atoms. The molecule has 0 amide bonds. The molecule has 0 aliphatic carbocycles. The van der Waals surface area contributed by atoms with Gasteiger partial charge in [0.1, 0.15) is 18.8 Å². The Labute approximate surface area is 172 Å².